The third kappa shape index (κ3) is 4.45. The molecule has 0 atom stereocenters. The number of carbonyl (C=O) groups excluding carboxylic acids is 1. The van der Waals surface area contributed by atoms with Gasteiger partial charge in [0.05, 0.1) is 18.0 Å². The maximum atomic E-state index is 11.6. The second kappa shape index (κ2) is 7.94. The molecule has 1 amide bonds. The topological polar surface area (TPSA) is 74.2 Å². The normalized spacial score (nSPS) is 19.9. The molecule has 0 spiro atoms. The molecule has 0 saturated heterocycles. The molecule has 0 unspecified atom stereocenters. The summed E-state index contributed by atoms with van der Waals surface area (Å²) in [4.78, 5) is 16.1. The van der Waals surface area contributed by atoms with E-state index in [1.54, 1.807) is 6.20 Å². The highest BCUT2D eigenvalue weighted by molar-refractivity contribution is 5.99. The van der Waals surface area contributed by atoms with E-state index in [-0.39, 0.29) is 12.0 Å². The molecule has 130 valence electrons. The smallest absolute Gasteiger partial charge is 0.247 e. The highest BCUT2D eigenvalue weighted by Crippen LogP contribution is 2.31. The van der Waals surface area contributed by atoms with Crippen molar-refractivity contribution < 1.29 is 9.90 Å². The molecular weight excluding hydrogens is 314 g/mol. The summed E-state index contributed by atoms with van der Waals surface area (Å²) in [5.74, 6) is 0.534. The Labute approximate surface area is 147 Å². The maximum Gasteiger partial charge on any atom is 0.247 e. The van der Waals surface area contributed by atoms with Crippen LogP contribution in [0.1, 0.15) is 25.7 Å². The van der Waals surface area contributed by atoms with Crippen LogP contribution in [-0.4, -0.2) is 28.1 Å². The monoisotopic (exact) mass is 337 g/mol. The Balaban J connectivity index is 1.88. The van der Waals surface area contributed by atoms with Crippen molar-refractivity contribution >= 4 is 17.4 Å². The van der Waals surface area contributed by atoms with Crippen LogP contribution in [0.5, 0.6) is 0 Å². The quantitative estimate of drug-likeness (QED) is 0.729. The molecule has 2 aromatic rings. The van der Waals surface area contributed by atoms with E-state index in [9.17, 15) is 9.90 Å². The van der Waals surface area contributed by atoms with Gasteiger partial charge in [-0.25, -0.2) is 4.98 Å². The van der Waals surface area contributed by atoms with Crippen LogP contribution in [0.3, 0.4) is 0 Å². The average molecular weight is 337 g/mol. The first-order chi connectivity index (χ1) is 12.2. The van der Waals surface area contributed by atoms with Crippen LogP contribution in [-0.2, 0) is 4.79 Å². The van der Waals surface area contributed by atoms with Crippen molar-refractivity contribution in [3.05, 3.63) is 55.3 Å². The molecule has 1 aromatic heterocycles. The van der Waals surface area contributed by atoms with Crippen LogP contribution in [0.15, 0.2) is 55.3 Å². The van der Waals surface area contributed by atoms with Crippen LogP contribution < -0.4 is 10.6 Å². The minimum Gasteiger partial charge on any atom is -0.393 e. The molecule has 1 heterocycles. The molecule has 1 aromatic carbocycles. The molecule has 3 rings (SSSR count). The fourth-order valence-corrected chi connectivity index (χ4v) is 3.09. The summed E-state index contributed by atoms with van der Waals surface area (Å²) in [7, 11) is 0. The minimum atomic E-state index is -0.261. The molecule has 0 bridgehead atoms. The number of hydrogen-bond acceptors (Lipinski definition) is 4. The second-order valence-electron chi connectivity index (χ2n) is 6.33. The van der Waals surface area contributed by atoms with Gasteiger partial charge in [0.15, 0.2) is 0 Å². The van der Waals surface area contributed by atoms with Crippen molar-refractivity contribution in [2.45, 2.75) is 37.8 Å². The van der Waals surface area contributed by atoms with E-state index in [0.717, 1.165) is 42.6 Å². The van der Waals surface area contributed by atoms with Crippen LogP contribution in [0, 0.1) is 0 Å². The number of pyridine rings is 1. The number of aliphatic hydroxyl groups is 1. The molecule has 5 heteroatoms. The summed E-state index contributed by atoms with van der Waals surface area (Å²) >= 11 is 0. The van der Waals surface area contributed by atoms with Crippen molar-refractivity contribution in [2.75, 3.05) is 10.6 Å². The molecule has 0 aliphatic heterocycles. The zero-order chi connectivity index (χ0) is 17.6. The van der Waals surface area contributed by atoms with E-state index in [4.69, 9.17) is 0 Å². The lowest BCUT2D eigenvalue weighted by molar-refractivity contribution is -0.111. The number of rotatable bonds is 5. The maximum absolute atomic E-state index is 11.6. The predicted molar refractivity (Wildman–Crippen MR) is 100 cm³/mol. The van der Waals surface area contributed by atoms with E-state index >= 15 is 0 Å². The van der Waals surface area contributed by atoms with Crippen molar-refractivity contribution in [1.29, 1.82) is 0 Å². The molecular formula is C20H23N3O2. The number of benzene rings is 1. The summed E-state index contributed by atoms with van der Waals surface area (Å²) in [6, 6.07) is 12.2. The molecule has 0 radical (unpaired) electrons. The highest BCUT2D eigenvalue weighted by Gasteiger charge is 2.20. The number of nitrogens with zero attached hydrogens (tertiary/aromatic N) is 1. The van der Waals surface area contributed by atoms with Crippen molar-refractivity contribution in [2.24, 2.45) is 0 Å². The first-order valence-corrected chi connectivity index (χ1v) is 8.59. The summed E-state index contributed by atoms with van der Waals surface area (Å²) in [6.45, 7) is 3.47. The largest absolute Gasteiger partial charge is 0.393 e. The van der Waals surface area contributed by atoms with Crippen LogP contribution >= 0.6 is 0 Å². The SMILES string of the molecule is C=CC(=O)Nc1cnc(NC2CCC(O)CC2)c(-c2ccccc2)c1. The number of hydrogen-bond donors (Lipinski definition) is 3. The van der Waals surface area contributed by atoms with Gasteiger partial charge < -0.3 is 15.7 Å². The molecule has 3 N–H and O–H groups in total. The lowest BCUT2D eigenvalue weighted by Gasteiger charge is -2.27. The highest BCUT2D eigenvalue weighted by atomic mass is 16.3. The Kier molecular flexibility index (Phi) is 5.46. The minimum absolute atomic E-state index is 0.184. The summed E-state index contributed by atoms with van der Waals surface area (Å²) < 4.78 is 0. The van der Waals surface area contributed by atoms with Gasteiger partial charge >= 0.3 is 0 Å². The standard InChI is InChI=1S/C20H23N3O2/c1-2-19(25)22-16-12-18(14-6-4-3-5-7-14)20(21-13-16)23-15-8-10-17(24)11-9-15/h2-7,12-13,15,17,24H,1,8-11H2,(H,21,23)(H,22,25). The number of anilines is 2. The van der Waals surface area contributed by atoms with Gasteiger partial charge in [0.1, 0.15) is 5.82 Å². The van der Waals surface area contributed by atoms with Gasteiger partial charge in [0, 0.05) is 11.6 Å². The molecule has 1 fully saturated rings. The average Bonchev–Trinajstić information content (AvgIpc) is 2.65. The van der Waals surface area contributed by atoms with Crippen molar-refractivity contribution in [3.63, 3.8) is 0 Å². The number of amides is 1. The van der Waals surface area contributed by atoms with Crippen molar-refractivity contribution in [3.8, 4) is 11.1 Å². The van der Waals surface area contributed by atoms with Gasteiger partial charge in [-0.15, -0.1) is 0 Å². The lowest BCUT2D eigenvalue weighted by atomic mass is 9.93. The second-order valence-corrected chi connectivity index (χ2v) is 6.33. The van der Waals surface area contributed by atoms with Crippen molar-refractivity contribution in [1.82, 2.24) is 4.98 Å². The van der Waals surface area contributed by atoms with Gasteiger partial charge in [0.25, 0.3) is 0 Å². The number of aromatic nitrogens is 1. The van der Waals surface area contributed by atoms with E-state index in [1.165, 1.54) is 6.08 Å². The van der Waals surface area contributed by atoms with Gasteiger partial charge in [-0.3, -0.25) is 4.79 Å². The summed E-state index contributed by atoms with van der Waals surface area (Å²) in [5.41, 5.74) is 2.60. The third-order valence-corrected chi connectivity index (χ3v) is 4.46. The lowest BCUT2D eigenvalue weighted by Crippen LogP contribution is -2.28. The van der Waals surface area contributed by atoms with Gasteiger partial charge in [0.2, 0.25) is 5.91 Å². The summed E-state index contributed by atoms with van der Waals surface area (Å²) in [5, 5.41) is 15.9. The van der Waals surface area contributed by atoms with Crippen LogP contribution in [0.2, 0.25) is 0 Å². The predicted octanol–water partition coefficient (Wildman–Crippen LogP) is 3.59. The zero-order valence-electron chi connectivity index (χ0n) is 14.1. The first kappa shape index (κ1) is 17.2. The Morgan fingerprint density at radius 1 is 1.20 bits per heavy atom. The van der Waals surface area contributed by atoms with Crippen LogP contribution in [0.25, 0.3) is 11.1 Å². The van der Waals surface area contributed by atoms with E-state index in [0.29, 0.717) is 11.7 Å². The number of nitrogens with one attached hydrogen (secondary N) is 2. The van der Waals surface area contributed by atoms with E-state index in [2.05, 4.69) is 22.2 Å². The molecule has 1 aliphatic rings. The Hall–Kier alpha value is -2.66. The summed E-state index contributed by atoms with van der Waals surface area (Å²) in [6.07, 6.45) is 6.17. The van der Waals surface area contributed by atoms with Crippen LogP contribution in [0.4, 0.5) is 11.5 Å². The van der Waals surface area contributed by atoms with Gasteiger partial charge in [-0.2, -0.15) is 0 Å². The Morgan fingerprint density at radius 2 is 1.92 bits per heavy atom. The number of aliphatic hydroxyl groups excluding tert-OH is 1. The molecule has 1 saturated carbocycles. The van der Waals surface area contributed by atoms with E-state index < -0.39 is 0 Å². The Bertz CT molecular complexity index is 738. The Morgan fingerprint density at radius 3 is 2.60 bits per heavy atom. The molecule has 25 heavy (non-hydrogen) atoms. The van der Waals surface area contributed by atoms with E-state index in [1.807, 2.05) is 36.4 Å². The third-order valence-electron chi connectivity index (χ3n) is 4.46. The zero-order valence-corrected chi connectivity index (χ0v) is 14.1. The number of carbonyl (C=O) groups is 1. The van der Waals surface area contributed by atoms with Gasteiger partial charge in [-0.05, 0) is 43.4 Å². The molecule has 5 nitrogen and oxygen atoms in total. The first-order valence-electron chi connectivity index (χ1n) is 8.59. The fourth-order valence-electron chi connectivity index (χ4n) is 3.09. The molecule has 1 aliphatic carbocycles. The van der Waals surface area contributed by atoms with Gasteiger partial charge in [-0.1, -0.05) is 36.9 Å². The fraction of sp³-hybridized carbons (Fsp3) is 0.300.